The SMILES string of the molecule is ClCC(Cc1ccc(Br)cc1)C1CCCCCC1. The largest absolute Gasteiger partial charge is 0.126 e. The van der Waals surface area contributed by atoms with Crippen LogP contribution in [-0.4, -0.2) is 5.88 Å². The van der Waals surface area contributed by atoms with Crippen LogP contribution in [0.4, 0.5) is 0 Å². The fraction of sp³-hybridized carbons (Fsp3) is 0.625. The molecular formula is C16H22BrCl. The summed E-state index contributed by atoms with van der Waals surface area (Å²) in [6.45, 7) is 0. The highest BCUT2D eigenvalue weighted by atomic mass is 79.9. The third-order valence-electron chi connectivity index (χ3n) is 4.18. The second-order valence-electron chi connectivity index (χ2n) is 5.50. The van der Waals surface area contributed by atoms with Crippen molar-refractivity contribution in [2.45, 2.75) is 44.9 Å². The van der Waals surface area contributed by atoms with Gasteiger partial charge < -0.3 is 0 Å². The van der Waals surface area contributed by atoms with Crippen LogP contribution < -0.4 is 0 Å². The van der Waals surface area contributed by atoms with Gasteiger partial charge in [-0.1, -0.05) is 66.6 Å². The minimum Gasteiger partial charge on any atom is -0.126 e. The van der Waals surface area contributed by atoms with E-state index in [4.69, 9.17) is 11.6 Å². The van der Waals surface area contributed by atoms with Crippen LogP contribution in [0.1, 0.15) is 44.1 Å². The highest BCUT2D eigenvalue weighted by Crippen LogP contribution is 2.32. The van der Waals surface area contributed by atoms with Crippen molar-refractivity contribution < 1.29 is 0 Å². The fourth-order valence-corrected chi connectivity index (χ4v) is 3.68. The number of hydrogen-bond donors (Lipinski definition) is 0. The van der Waals surface area contributed by atoms with E-state index in [-0.39, 0.29) is 0 Å². The van der Waals surface area contributed by atoms with Crippen LogP contribution in [-0.2, 0) is 6.42 Å². The smallest absolute Gasteiger partial charge is 0.0257 e. The molecule has 100 valence electrons. The monoisotopic (exact) mass is 328 g/mol. The summed E-state index contributed by atoms with van der Waals surface area (Å²) in [6.07, 6.45) is 9.55. The molecule has 0 saturated heterocycles. The lowest BCUT2D eigenvalue weighted by atomic mass is 9.83. The van der Waals surface area contributed by atoms with Crippen molar-refractivity contribution in [3.8, 4) is 0 Å². The van der Waals surface area contributed by atoms with Gasteiger partial charge in [-0.2, -0.15) is 0 Å². The maximum absolute atomic E-state index is 6.23. The maximum Gasteiger partial charge on any atom is 0.0257 e. The van der Waals surface area contributed by atoms with E-state index in [9.17, 15) is 0 Å². The summed E-state index contributed by atoms with van der Waals surface area (Å²) in [7, 11) is 0. The lowest BCUT2D eigenvalue weighted by Gasteiger charge is -2.24. The van der Waals surface area contributed by atoms with Gasteiger partial charge in [-0.15, -0.1) is 11.6 Å². The standard InChI is InChI=1S/C16H22BrCl/c17-16-9-7-13(8-10-16)11-15(12-18)14-5-3-1-2-4-6-14/h7-10,14-15H,1-6,11-12H2. The molecule has 1 aliphatic rings. The van der Waals surface area contributed by atoms with E-state index in [1.54, 1.807) is 0 Å². The normalized spacial score (nSPS) is 19.4. The van der Waals surface area contributed by atoms with Gasteiger partial charge in [0, 0.05) is 10.4 Å². The summed E-state index contributed by atoms with van der Waals surface area (Å²) in [4.78, 5) is 0. The molecule has 0 aliphatic heterocycles. The number of benzene rings is 1. The van der Waals surface area contributed by atoms with Crippen LogP contribution in [0.5, 0.6) is 0 Å². The molecule has 1 unspecified atom stereocenters. The minimum absolute atomic E-state index is 0.658. The van der Waals surface area contributed by atoms with E-state index in [1.807, 2.05) is 0 Å². The van der Waals surface area contributed by atoms with Crippen LogP contribution in [0.25, 0.3) is 0 Å². The summed E-state index contributed by atoms with van der Waals surface area (Å²) in [5.41, 5.74) is 1.42. The van der Waals surface area contributed by atoms with Gasteiger partial charge in [-0.25, -0.2) is 0 Å². The molecule has 0 heterocycles. The Hall–Kier alpha value is -0.0100. The van der Waals surface area contributed by atoms with E-state index in [2.05, 4.69) is 40.2 Å². The van der Waals surface area contributed by atoms with E-state index in [1.165, 1.54) is 44.1 Å². The lowest BCUT2D eigenvalue weighted by Crippen LogP contribution is -2.18. The van der Waals surface area contributed by atoms with Crippen molar-refractivity contribution in [3.63, 3.8) is 0 Å². The molecule has 0 amide bonds. The molecule has 0 nitrogen and oxygen atoms in total. The summed E-state index contributed by atoms with van der Waals surface area (Å²) in [6, 6.07) is 8.71. The van der Waals surface area contributed by atoms with Crippen LogP contribution in [0.15, 0.2) is 28.7 Å². The molecule has 0 spiro atoms. The third kappa shape index (κ3) is 4.28. The molecule has 18 heavy (non-hydrogen) atoms. The molecule has 1 aromatic carbocycles. The summed E-state index contributed by atoms with van der Waals surface area (Å²) >= 11 is 9.72. The van der Waals surface area contributed by atoms with Crippen molar-refractivity contribution in [1.29, 1.82) is 0 Å². The highest BCUT2D eigenvalue weighted by molar-refractivity contribution is 9.10. The number of halogens is 2. The average Bonchev–Trinajstić information content (AvgIpc) is 2.67. The van der Waals surface area contributed by atoms with Crippen LogP contribution in [0.2, 0.25) is 0 Å². The summed E-state index contributed by atoms with van der Waals surface area (Å²) in [5, 5.41) is 0. The quantitative estimate of drug-likeness (QED) is 0.482. The van der Waals surface area contributed by atoms with Gasteiger partial charge in [-0.05, 0) is 36.0 Å². The Balaban J connectivity index is 1.97. The average molecular weight is 330 g/mol. The zero-order chi connectivity index (χ0) is 12.8. The Bertz CT molecular complexity index is 339. The van der Waals surface area contributed by atoms with E-state index >= 15 is 0 Å². The zero-order valence-electron chi connectivity index (χ0n) is 10.9. The fourth-order valence-electron chi connectivity index (χ4n) is 3.05. The Kier molecular flexibility index (Phi) is 6.04. The first kappa shape index (κ1) is 14.4. The molecule has 1 atom stereocenters. The first-order valence-corrected chi connectivity index (χ1v) is 8.43. The van der Waals surface area contributed by atoms with Gasteiger partial charge in [0.05, 0.1) is 0 Å². The van der Waals surface area contributed by atoms with Crippen molar-refractivity contribution >= 4 is 27.5 Å². The van der Waals surface area contributed by atoms with E-state index in [0.29, 0.717) is 5.92 Å². The molecule has 1 fully saturated rings. The van der Waals surface area contributed by atoms with Crippen LogP contribution >= 0.6 is 27.5 Å². The molecule has 2 heteroatoms. The van der Waals surface area contributed by atoms with Crippen molar-refractivity contribution in [3.05, 3.63) is 34.3 Å². The first-order valence-electron chi connectivity index (χ1n) is 7.10. The number of alkyl halides is 1. The predicted molar refractivity (Wildman–Crippen MR) is 83.2 cm³/mol. The Morgan fingerprint density at radius 1 is 1.06 bits per heavy atom. The molecule has 2 rings (SSSR count). The third-order valence-corrected chi connectivity index (χ3v) is 5.10. The van der Waals surface area contributed by atoms with Gasteiger partial charge in [0.1, 0.15) is 0 Å². The summed E-state index contributed by atoms with van der Waals surface area (Å²) < 4.78 is 1.16. The zero-order valence-corrected chi connectivity index (χ0v) is 13.2. The van der Waals surface area contributed by atoms with Crippen molar-refractivity contribution in [1.82, 2.24) is 0 Å². The van der Waals surface area contributed by atoms with Gasteiger partial charge >= 0.3 is 0 Å². The summed E-state index contributed by atoms with van der Waals surface area (Å²) in [5.74, 6) is 2.31. The Morgan fingerprint density at radius 3 is 2.22 bits per heavy atom. The molecule has 0 bridgehead atoms. The van der Waals surface area contributed by atoms with Gasteiger partial charge in [0.25, 0.3) is 0 Å². The van der Waals surface area contributed by atoms with Crippen LogP contribution in [0.3, 0.4) is 0 Å². The van der Waals surface area contributed by atoms with E-state index in [0.717, 1.165) is 22.7 Å². The molecule has 1 aromatic rings. The number of hydrogen-bond acceptors (Lipinski definition) is 0. The Labute approximate surface area is 124 Å². The second-order valence-corrected chi connectivity index (χ2v) is 6.72. The predicted octanol–water partition coefficient (Wildman–Crippen LogP) is 5.82. The van der Waals surface area contributed by atoms with Crippen molar-refractivity contribution in [2.75, 3.05) is 5.88 Å². The molecule has 0 radical (unpaired) electrons. The van der Waals surface area contributed by atoms with Crippen molar-refractivity contribution in [2.24, 2.45) is 11.8 Å². The maximum atomic E-state index is 6.23. The lowest BCUT2D eigenvalue weighted by molar-refractivity contribution is 0.321. The molecule has 0 aromatic heterocycles. The molecule has 0 N–H and O–H groups in total. The number of rotatable bonds is 4. The van der Waals surface area contributed by atoms with Crippen LogP contribution in [0, 0.1) is 11.8 Å². The molecular weight excluding hydrogens is 308 g/mol. The Morgan fingerprint density at radius 2 is 1.67 bits per heavy atom. The molecule has 1 aliphatic carbocycles. The van der Waals surface area contributed by atoms with E-state index < -0.39 is 0 Å². The van der Waals surface area contributed by atoms with Gasteiger partial charge in [-0.3, -0.25) is 0 Å². The topological polar surface area (TPSA) is 0 Å². The van der Waals surface area contributed by atoms with Gasteiger partial charge in [0.2, 0.25) is 0 Å². The second kappa shape index (κ2) is 7.55. The molecule has 1 saturated carbocycles. The van der Waals surface area contributed by atoms with Gasteiger partial charge in [0.15, 0.2) is 0 Å². The minimum atomic E-state index is 0.658. The highest BCUT2D eigenvalue weighted by Gasteiger charge is 2.22. The first-order chi connectivity index (χ1) is 8.79.